The molecule has 0 fully saturated rings. The number of nitrogens with zero attached hydrogens (tertiary/aromatic N) is 2. The summed E-state index contributed by atoms with van der Waals surface area (Å²) in [5, 5.41) is 8.76. The van der Waals surface area contributed by atoms with Crippen LogP contribution in [-0.4, -0.2) is 14.9 Å². The average molecular weight is 911 g/mol. The van der Waals surface area contributed by atoms with E-state index in [1.165, 1.54) is 138 Å². The molecule has 0 unspecified atom stereocenters. The number of benzene rings is 8. The minimum absolute atomic E-state index is 0.0108. The lowest BCUT2D eigenvalue weighted by Gasteiger charge is -2.51. The Morgan fingerprint density at radius 1 is 0.529 bits per heavy atom. The number of hydrogen-bond acceptors (Lipinski definition) is 3. The summed E-state index contributed by atoms with van der Waals surface area (Å²) in [5.74, 6) is 0. The largest absolute Gasteiger partial charge is 0.376 e. The van der Waals surface area contributed by atoms with Gasteiger partial charge in [-0.25, -0.2) is 0 Å². The zero-order valence-corrected chi connectivity index (χ0v) is 42.2. The molecule has 0 bridgehead atoms. The van der Waals surface area contributed by atoms with Gasteiger partial charge in [0.25, 0.3) is 0 Å². The van der Waals surface area contributed by atoms with Crippen LogP contribution in [0.2, 0.25) is 0 Å². The summed E-state index contributed by atoms with van der Waals surface area (Å²) >= 11 is 2.01. The van der Waals surface area contributed by atoms with Crippen LogP contribution in [0.3, 0.4) is 0 Å². The molecule has 0 radical (unpaired) electrons. The van der Waals surface area contributed by atoms with Gasteiger partial charge in [0.1, 0.15) is 0 Å². The molecule has 8 aromatic carbocycles. The quantitative estimate of drug-likeness (QED) is 0.160. The Hall–Kier alpha value is -6.40. The third-order valence-corrected chi connectivity index (χ3v) is 23.0. The summed E-state index contributed by atoms with van der Waals surface area (Å²) in [6.07, 6.45) is 2.37. The molecule has 5 heterocycles. The molecule has 1 spiro atoms. The second-order valence-corrected chi connectivity index (χ2v) is 27.4. The Balaban J connectivity index is 1.15. The molecular weight excluding hydrogens is 856 g/mol. The van der Waals surface area contributed by atoms with Crippen LogP contribution >= 0.6 is 11.3 Å². The van der Waals surface area contributed by atoms with Crippen molar-refractivity contribution >= 4 is 95.8 Å². The SMILES string of the molecule is Cc1cc2c3c(c1)N(c1ccc(C(C)(C)C)cc1-c1ccccc1)c1sc4cc5c(cc4c1B3N1c3ccccc3[Si]3(c4ccccc4-c4ccccc43)c3cccc-2c31)C(C)(C)CCC5(C)C. The lowest BCUT2D eigenvalue weighted by atomic mass is 9.43. The summed E-state index contributed by atoms with van der Waals surface area (Å²) in [7, 11) is -2.80. The Morgan fingerprint density at radius 2 is 1.15 bits per heavy atom. The first-order valence-corrected chi connectivity index (χ1v) is 27.6. The van der Waals surface area contributed by atoms with Gasteiger partial charge in [-0.15, -0.1) is 11.3 Å². The van der Waals surface area contributed by atoms with Crippen molar-refractivity contribution < 1.29 is 0 Å². The fourth-order valence-electron chi connectivity index (χ4n) is 13.5. The van der Waals surface area contributed by atoms with Crippen molar-refractivity contribution in [3.8, 4) is 33.4 Å². The van der Waals surface area contributed by atoms with E-state index < -0.39 is 8.07 Å². The maximum Gasteiger partial charge on any atom is 0.334 e. The number of rotatable bonds is 2. The third-order valence-electron chi connectivity index (χ3n) is 16.9. The van der Waals surface area contributed by atoms with Crippen LogP contribution in [-0.2, 0) is 16.2 Å². The van der Waals surface area contributed by atoms with Gasteiger partial charge in [-0.05, 0) is 154 Å². The van der Waals surface area contributed by atoms with Crippen LogP contribution in [0.4, 0.5) is 27.8 Å². The highest BCUT2D eigenvalue weighted by Crippen LogP contribution is 2.55. The van der Waals surface area contributed by atoms with Crippen LogP contribution < -0.4 is 41.4 Å². The fraction of sp³-hybridized carbons (Fsp3) is 0.206. The van der Waals surface area contributed by atoms with Gasteiger partial charge in [0.15, 0.2) is 8.07 Å². The smallest absolute Gasteiger partial charge is 0.334 e. The van der Waals surface area contributed by atoms with Crippen molar-refractivity contribution in [3.63, 3.8) is 0 Å². The minimum Gasteiger partial charge on any atom is -0.376 e. The topological polar surface area (TPSA) is 6.48 Å². The summed E-state index contributed by atoms with van der Waals surface area (Å²) in [6, 6.07) is 64.5. The average Bonchev–Trinajstić information content (AvgIpc) is 3.86. The summed E-state index contributed by atoms with van der Waals surface area (Å²) in [6.45, 7) is 19.2. The molecule has 9 aromatic rings. The van der Waals surface area contributed by atoms with Crippen LogP contribution in [0.5, 0.6) is 0 Å². The van der Waals surface area contributed by atoms with Crippen molar-refractivity contribution in [1.82, 2.24) is 0 Å². The number of fused-ring (bicyclic) bond motifs is 16. The molecule has 68 heavy (non-hydrogen) atoms. The highest BCUT2D eigenvalue weighted by molar-refractivity contribution is 7.27. The van der Waals surface area contributed by atoms with Crippen LogP contribution in [0.15, 0.2) is 164 Å². The molecule has 0 saturated carbocycles. The standard InChI is InChI=1S/C63H55BN2SSi/c1-38-33-45-43-23-18-28-56-59(43)66(50-24-14-17-27-55(50)68(56)53-25-15-12-21-41(53)42-22-13-16-26-54(42)68)64-57(45)51(34-38)65(49-30-29-40(61(2,3)4)35-44(49)39-19-10-9-11-20-39)60-58(64)46-36-47-48(37-52(46)67-60)63(7,8)32-31-62(47,5)6/h9-30,33-37H,31-32H2,1-8H3. The number of anilines is 5. The van der Waals surface area contributed by atoms with Gasteiger partial charge in [-0.3, -0.25) is 0 Å². The highest BCUT2D eigenvalue weighted by atomic mass is 32.1. The molecule has 1 aromatic heterocycles. The van der Waals surface area contributed by atoms with Crippen LogP contribution in [0.1, 0.15) is 83.6 Å². The minimum atomic E-state index is -2.80. The molecule has 5 aliphatic rings. The summed E-state index contributed by atoms with van der Waals surface area (Å²) in [4.78, 5) is 5.55. The lowest BCUT2D eigenvalue weighted by Crippen LogP contribution is -2.78. The molecule has 1 aliphatic carbocycles. The van der Waals surface area contributed by atoms with Gasteiger partial charge in [0.05, 0.1) is 10.7 Å². The molecule has 0 saturated heterocycles. The van der Waals surface area contributed by atoms with Gasteiger partial charge in [-0.2, -0.15) is 0 Å². The van der Waals surface area contributed by atoms with Gasteiger partial charge in [0, 0.05) is 32.9 Å². The van der Waals surface area contributed by atoms with Crippen molar-refractivity contribution in [1.29, 1.82) is 0 Å². The first kappa shape index (κ1) is 40.7. The number of thiophene rings is 1. The first-order valence-electron chi connectivity index (χ1n) is 24.8. The number of aryl methyl sites for hydroxylation is 1. The molecule has 5 heteroatoms. The Labute approximate surface area is 407 Å². The second kappa shape index (κ2) is 13.6. The van der Waals surface area contributed by atoms with Crippen LogP contribution in [0, 0.1) is 6.92 Å². The second-order valence-electron chi connectivity index (χ2n) is 22.7. The molecule has 0 atom stereocenters. The van der Waals surface area contributed by atoms with Crippen molar-refractivity contribution in [2.75, 3.05) is 9.71 Å². The summed E-state index contributed by atoms with van der Waals surface area (Å²) in [5.41, 5.74) is 21.9. The number of para-hydroxylation sites is 2. The van der Waals surface area contributed by atoms with E-state index >= 15 is 0 Å². The van der Waals surface area contributed by atoms with E-state index in [1.54, 1.807) is 0 Å². The van der Waals surface area contributed by atoms with Crippen molar-refractivity contribution in [3.05, 3.63) is 186 Å². The molecule has 330 valence electrons. The van der Waals surface area contributed by atoms with Crippen molar-refractivity contribution in [2.45, 2.75) is 84.5 Å². The molecular formula is C63H55BN2SSi. The normalized spacial score (nSPS) is 17.0. The predicted molar refractivity (Wildman–Crippen MR) is 296 cm³/mol. The highest BCUT2D eigenvalue weighted by Gasteiger charge is 2.58. The van der Waals surface area contributed by atoms with Crippen molar-refractivity contribution in [2.24, 2.45) is 0 Å². The fourth-order valence-corrected chi connectivity index (χ4v) is 20.4. The van der Waals surface area contributed by atoms with Gasteiger partial charge in [0.2, 0.25) is 0 Å². The molecule has 0 amide bonds. The molecule has 14 rings (SSSR count). The monoisotopic (exact) mass is 910 g/mol. The van der Waals surface area contributed by atoms with Gasteiger partial charge >= 0.3 is 6.85 Å². The van der Waals surface area contributed by atoms with E-state index in [4.69, 9.17) is 0 Å². The molecule has 0 N–H and O–H groups in total. The Morgan fingerprint density at radius 3 is 1.85 bits per heavy atom. The Bertz CT molecular complexity index is 3620. The van der Waals surface area contributed by atoms with Crippen LogP contribution in [0.25, 0.3) is 43.5 Å². The zero-order chi connectivity index (χ0) is 46.2. The predicted octanol–water partition coefficient (Wildman–Crippen LogP) is 12.9. The van der Waals surface area contributed by atoms with E-state index in [1.807, 2.05) is 11.3 Å². The third kappa shape index (κ3) is 5.19. The zero-order valence-electron chi connectivity index (χ0n) is 40.4. The summed E-state index contributed by atoms with van der Waals surface area (Å²) < 4.78 is 1.39. The maximum atomic E-state index is 2.85. The van der Waals surface area contributed by atoms with E-state index in [2.05, 4.69) is 229 Å². The molecule has 4 aliphatic heterocycles. The lowest BCUT2D eigenvalue weighted by molar-refractivity contribution is 0.332. The van der Waals surface area contributed by atoms with E-state index in [9.17, 15) is 0 Å². The van der Waals surface area contributed by atoms with E-state index in [0.29, 0.717) is 0 Å². The first-order chi connectivity index (χ1) is 32.8. The van der Waals surface area contributed by atoms with Gasteiger partial charge < -0.3 is 9.71 Å². The maximum absolute atomic E-state index is 2.85. The van der Waals surface area contributed by atoms with Gasteiger partial charge in [-0.1, -0.05) is 176 Å². The Kier molecular flexibility index (Phi) is 8.16. The van der Waals surface area contributed by atoms with E-state index in [0.717, 1.165) is 0 Å². The number of hydrogen-bond donors (Lipinski definition) is 0. The molecule has 2 nitrogen and oxygen atoms in total. The van der Waals surface area contributed by atoms with E-state index in [-0.39, 0.29) is 23.1 Å².